The largest absolute Gasteiger partial charge is 0.469 e. The van der Waals surface area contributed by atoms with Crippen molar-refractivity contribution in [1.29, 1.82) is 0 Å². The van der Waals surface area contributed by atoms with Crippen molar-refractivity contribution in [2.45, 2.75) is 77.2 Å². The van der Waals surface area contributed by atoms with Crippen LogP contribution in [0.1, 0.15) is 71.1 Å². The number of aliphatic hydroxyl groups is 1. The molecule has 0 fully saturated rings. The molecule has 0 amide bonds. The van der Waals surface area contributed by atoms with Gasteiger partial charge < -0.3 is 9.84 Å². The number of allylic oxidation sites excluding steroid dienone is 3. The number of hydrogen-bond acceptors (Lipinski definition) is 4. The molecule has 0 bridgehead atoms. The lowest BCUT2D eigenvalue weighted by Gasteiger charge is -2.15. The molecule has 0 saturated carbocycles. The van der Waals surface area contributed by atoms with Gasteiger partial charge in [0.2, 0.25) is 0 Å². The van der Waals surface area contributed by atoms with Crippen LogP contribution >= 0.6 is 0 Å². The zero-order valence-corrected chi connectivity index (χ0v) is 15.8. The molecule has 25 heavy (non-hydrogen) atoms. The van der Waals surface area contributed by atoms with E-state index in [-0.39, 0.29) is 23.6 Å². The van der Waals surface area contributed by atoms with Crippen LogP contribution in [-0.2, 0) is 14.3 Å². The molecule has 1 aliphatic carbocycles. The van der Waals surface area contributed by atoms with Crippen molar-refractivity contribution >= 4 is 11.8 Å². The first-order valence-electron chi connectivity index (χ1n) is 9.73. The van der Waals surface area contributed by atoms with Crippen LogP contribution < -0.4 is 0 Å². The third-order valence-electron chi connectivity index (χ3n) is 4.84. The van der Waals surface area contributed by atoms with Crippen LogP contribution in [0.3, 0.4) is 0 Å². The Bertz CT molecular complexity index is 453. The molecular weight excluding hydrogens is 316 g/mol. The Hall–Kier alpha value is -1.42. The molecule has 1 rings (SSSR count). The van der Waals surface area contributed by atoms with E-state index in [0.717, 1.165) is 57.8 Å². The third-order valence-corrected chi connectivity index (χ3v) is 4.84. The number of rotatable bonds is 13. The molecule has 0 saturated heterocycles. The van der Waals surface area contributed by atoms with E-state index in [1.54, 1.807) is 12.2 Å². The van der Waals surface area contributed by atoms with Crippen LogP contribution in [0, 0.1) is 11.8 Å². The summed E-state index contributed by atoms with van der Waals surface area (Å²) >= 11 is 0. The summed E-state index contributed by atoms with van der Waals surface area (Å²) in [5.74, 6) is 0.128. The second-order valence-electron chi connectivity index (χ2n) is 6.93. The van der Waals surface area contributed by atoms with E-state index in [1.807, 2.05) is 12.2 Å². The SMILES string of the molecule is CCCCC[C@H](O)/C=C/[C@H]1C(=O)C=C[C@@H]1CCCCCCC(=O)OC. The van der Waals surface area contributed by atoms with E-state index in [2.05, 4.69) is 11.7 Å². The van der Waals surface area contributed by atoms with E-state index in [9.17, 15) is 14.7 Å². The monoisotopic (exact) mass is 350 g/mol. The minimum Gasteiger partial charge on any atom is -0.469 e. The minimum absolute atomic E-state index is 0.115. The molecule has 1 aliphatic rings. The van der Waals surface area contributed by atoms with E-state index in [4.69, 9.17) is 0 Å². The summed E-state index contributed by atoms with van der Waals surface area (Å²) in [6.45, 7) is 2.14. The molecule has 4 nitrogen and oxygen atoms in total. The van der Waals surface area contributed by atoms with Gasteiger partial charge in [-0.25, -0.2) is 0 Å². The molecule has 0 aliphatic heterocycles. The number of esters is 1. The molecular formula is C21H34O4. The fraction of sp³-hybridized carbons (Fsp3) is 0.714. The average molecular weight is 350 g/mol. The second kappa shape index (κ2) is 12.9. The molecule has 4 heteroatoms. The summed E-state index contributed by atoms with van der Waals surface area (Å²) < 4.78 is 4.63. The number of methoxy groups -OCH3 is 1. The summed E-state index contributed by atoms with van der Waals surface area (Å²) in [5.41, 5.74) is 0. The molecule has 0 aromatic carbocycles. The number of ketones is 1. The summed E-state index contributed by atoms with van der Waals surface area (Å²) in [4.78, 5) is 23.1. The standard InChI is InChI=1S/C21H34O4/c1-3-4-7-11-18(22)14-15-19-17(13-16-20(19)23)10-8-5-6-9-12-21(24)25-2/h13-19,22H,3-12H2,1-2H3/b15-14+/t17-,18-,19+/m0/s1. The molecule has 0 heterocycles. The molecule has 0 spiro atoms. The lowest BCUT2D eigenvalue weighted by atomic mass is 9.89. The molecule has 3 atom stereocenters. The topological polar surface area (TPSA) is 63.6 Å². The predicted molar refractivity (Wildman–Crippen MR) is 100 cm³/mol. The fourth-order valence-electron chi connectivity index (χ4n) is 3.23. The zero-order valence-electron chi connectivity index (χ0n) is 15.8. The van der Waals surface area contributed by atoms with Gasteiger partial charge in [0.25, 0.3) is 0 Å². The van der Waals surface area contributed by atoms with Crippen LogP contribution in [0.25, 0.3) is 0 Å². The van der Waals surface area contributed by atoms with E-state index < -0.39 is 6.10 Å². The lowest BCUT2D eigenvalue weighted by Crippen LogP contribution is -2.14. The van der Waals surface area contributed by atoms with Crippen molar-refractivity contribution in [2.24, 2.45) is 11.8 Å². The Morgan fingerprint density at radius 3 is 2.72 bits per heavy atom. The maximum Gasteiger partial charge on any atom is 0.305 e. The highest BCUT2D eigenvalue weighted by atomic mass is 16.5. The van der Waals surface area contributed by atoms with Crippen molar-refractivity contribution < 1.29 is 19.4 Å². The Balaban J connectivity index is 2.27. The number of ether oxygens (including phenoxy) is 1. The lowest BCUT2D eigenvalue weighted by molar-refractivity contribution is -0.140. The molecule has 0 radical (unpaired) electrons. The Morgan fingerprint density at radius 1 is 1.24 bits per heavy atom. The highest BCUT2D eigenvalue weighted by Gasteiger charge is 2.27. The summed E-state index contributed by atoms with van der Waals surface area (Å²) in [7, 11) is 1.42. The van der Waals surface area contributed by atoms with Crippen molar-refractivity contribution in [2.75, 3.05) is 7.11 Å². The van der Waals surface area contributed by atoms with Gasteiger partial charge in [-0.15, -0.1) is 0 Å². The van der Waals surface area contributed by atoms with Gasteiger partial charge in [0.15, 0.2) is 5.78 Å². The van der Waals surface area contributed by atoms with Gasteiger partial charge in [0.05, 0.1) is 13.2 Å². The van der Waals surface area contributed by atoms with Crippen molar-refractivity contribution in [3.63, 3.8) is 0 Å². The maximum atomic E-state index is 12.0. The number of carbonyl (C=O) groups is 2. The zero-order chi connectivity index (χ0) is 18.5. The van der Waals surface area contributed by atoms with Crippen LogP contribution in [-0.4, -0.2) is 30.1 Å². The first kappa shape index (κ1) is 21.6. The van der Waals surface area contributed by atoms with Gasteiger partial charge in [-0.3, -0.25) is 9.59 Å². The minimum atomic E-state index is -0.445. The Kier molecular flexibility index (Phi) is 11.1. The molecule has 142 valence electrons. The first-order chi connectivity index (χ1) is 12.1. The van der Waals surface area contributed by atoms with Gasteiger partial charge in [-0.1, -0.05) is 63.7 Å². The van der Waals surface area contributed by atoms with Crippen molar-refractivity contribution in [3.05, 3.63) is 24.3 Å². The van der Waals surface area contributed by atoms with Gasteiger partial charge in [-0.05, 0) is 31.3 Å². The van der Waals surface area contributed by atoms with Crippen LogP contribution in [0.2, 0.25) is 0 Å². The Morgan fingerprint density at radius 2 is 2.00 bits per heavy atom. The normalized spacial score (nSPS) is 21.2. The summed E-state index contributed by atoms with van der Waals surface area (Å²) in [6.07, 6.45) is 16.5. The van der Waals surface area contributed by atoms with E-state index in [1.165, 1.54) is 7.11 Å². The summed E-state index contributed by atoms with van der Waals surface area (Å²) in [5, 5.41) is 9.99. The quantitative estimate of drug-likeness (QED) is 0.304. The van der Waals surface area contributed by atoms with Crippen LogP contribution in [0.15, 0.2) is 24.3 Å². The number of aliphatic hydroxyl groups excluding tert-OH is 1. The van der Waals surface area contributed by atoms with Crippen LogP contribution in [0.4, 0.5) is 0 Å². The highest BCUT2D eigenvalue weighted by molar-refractivity contribution is 5.95. The number of hydrogen-bond donors (Lipinski definition) is 1. The van der Waals surface area contributed by atoms with Gasteiger partial charge in [-0.2, -0.15) is 0 Å². The smallest absolute Gasteiger partial charge is 0.305 e. The average Bonchev–Trinajstić information content (AvgIpc) is 2.96. The predicted octanol–water partition coefficient (Wildman–Crippen LogP) is 4.37. The first-order valence-corrected chi connectivity index (χ1v) is 9.73. The number of unbranched alkanes of at least 4 members (excludes halogenated alkanes) is 5. The molecule has 0 unspecified atom stereocenters. The van der Waals surface area contributed by atoms with Gasteiger partial charge >= 0.3 is 5.97 Å². The Labute approximate surface area is 152 Å². The highest BCUT2D eigenvalue weighted by Crippen LogP contribution is 2.29. The van der Waals surface area contributed by atoms with E-state index >= 15 is 0 Å². The second-order valence-corrected chi connectivity index (χ2v) is 6.93. The maximum absolute atomic E-state index is 12.0. The van der Waals surface area contributed by atoms with Gasteiger partial charge in [0, 0.05) is 12.3 Å². The molecule has 0 aromatic heterocycles. The van der Waals surface area contributed by atoms with E-state index in [0.29, 0.717) is 6.42 Å². The van der Waals surface area contributed by atoms with Crippen LogP contribution in [0.5, 0.6) is 0 Å². The number of carbonyl (C=O) groups excluding carboxylic acids is 2. The van der Waals surface area contributed by atoms with Crippen molar-refractivity contribution in [3.8, 4) is 0 Å². The molecule has 0 aromatic rings. The molecule has 1 N–H and O–H groups in total. The fourth-order valence-corrected chi connectivity index (χ4v) is 3.23. The third kappa shape index (κ3) is 9.01. The van der Waals surface area contributed by atoms with Crippen molar-refractivity contribution in [1.82, 2.24) is 0 Å². The van der Waals surface area contributed by atoms with Gasteiger partial charge in [0.1, 0.15) is 0 Å². The summed E-state index contributed by atoms with van der Waals surface area (Å²) in [6, 6.07) is 0.